The molecule has 0 fully saturated rings. The van der Waals surface area contributed by atoms with Gasteiger partial charge in [0.15, 0.2) is 0 Å². The third-order valence-electron chi connectivity index (χ3n) is 5.13. The van der Waals surface area contributed by atoms with Crippen LogP contribution < -0.4 is 10.6 Å². The lowest BCUT2D eigenvalue weighted by molar-refractivity contribution is 0.240. The van der Waals surface area contributed by atoms with E-state index in [1.54, 1.807) is 31.4 Å². The zero-order valence-electron chi connectivity index (χ0n) is 16.7. The van der Waals surface area contributed by atoms with Crippen molar-refractivity contribution in [1.82, 2.24) is 15.6 Å². The summed E-state index contributed by atoms with van der Waals surface area (Å²) >= 11 is 0. The molecule has 3 N–H and O–H groups in total. The smallest absolute Gasteiger partial charge is 0.315 e. The van der Waals surface area contributed by atoms with Gasteiger partial charge >= 0.3 is 6.03 Å². The molecule has 0 saturated carbocycles. The van der Waals surface area contributed by atoms with Crippen LogP contribution in [0.15, 0.2) is 53.1 Å². The zero-order chi connectivity index (χ0) is 22.0. The highest BCUT2D eigenvalue weighted by molar-refractivity contribution is 5.91. The summed E-state index contributed by atoms with van der Waals surface area (Å²) in [5, 5.41) is 5.86. The predicted molar refractivity (Wildman–Crippen MR) is 111 cm³/mol. The third-order valence-corrected chi connectivity index (χ3v) is 5.13. The van der Waals surface area contributed by atoms with Crippen LogP contribution in [0, 0.1) is 24.4 Å². The first-order valence-electron chi connectivity index (χ1n) is 9.72. The van der Waals surface area contributed by atoms with E-state index in [1.165, 1.54) is 18.2 Å². The summed E-state index contributed by atoms with van der Waals surface area (Å²) in [5.41, 5.74) is 2.85. The lowest BCUT2D eigenvalue weighted by Gasteiger charge is -2.09. The van der Waals surface area contributed by atoms with E-state index in [9.17, 15) is 18.0 Å². The molecule has 31 heavy (non-hydrogen) atoms. The van der Waals surface area contributed by atoms with E-state index in [4.69, 9.17) is 4.42 Å². The van der Waals surface area contributed by atoms with Crippen LogP contribution in [0.3, 0.4) is 0 Å². The summed E-state index contributed by atoms with van der Waals surface area (Å²) in [6, 6.07) is 9.17. The summed E-state index contributed by atoms with van der Waals surface area (Å²) in [7, 11) is 0. The molecule has 2 amide bonds. The van der Waals surface area contributed by atoms with Gasteiger partial charge in [-0.25, -0.2) is 18.0 Å². The molecule has 160 valence electrons. The molecule has 2 aromatic heterocycles. The lowest BCUT2D eigenvalue weighted by Crippen LogP contribution is -2.36. The van der Waals surface area contributed by atoms with Gasteiger partial charge in [-0.15, -0.1) is 0 Å². The maximum Gasteiger partial charge on any atom is 0.315 e. The average Bonchev–Trinajstić information content (AvgIpc) is 3.31. The van der Waals surface area contributed by atoms with Gasteiger partial charge in [-0.05, 0) is 60.9 Å². The van der Waals surface area contributed by atoms with Gasteiger partial charge in [-0.1, -0.05) is 0 Å². The number of hydrogen-bond donors (Lipinski definition) is 3. The number of benzene rings is 2. The van der Waals surface area contributed by atoms with Crippen LogP contribution in [0.5, 0.6) is 0 Å². The van der Waals surface area contributed by atoms with Crippen LogP contribution in [-0.4, -0.2) is 17.6 Å². The molecule has 0 bridgehead atoms. The van der Waals surface area contributed by atoms with Crippen molar-refractivity contribution in [3.05, 3.63) is 83.1 Å². The molecule has 5 nitrogen and oxygen atoms in total. The number of aromatic nitrogens is 1. The van der Waals surface area contributed by atoms with Crippen molar-refractivity contribution >= 4 is 16.9 Å². The molecule has 0 spiro atoms. The summed E-state index contributed by atoms with van der Waals surface area (Å²) < 4.78 is 46.7. The molecule has 0 aliphatic carbocycles. The largest absolute Gasteiger partial charge is 0.469 e. The Labute approximate surface area is 176 Å². The van der Waals surface area contributed by atoms with Crippen LogP contribution in [0.2, 0.25) is 0 Å². The first-order chi connectivity index (χ1) is 14.9. The van der Waals surface area contributed by atoms with Crippen LogP contribution in [0.4, 0.5) is 18.0 Å². The van der Waals surface area contributed by atoms with Gasteiger partial charge in [0, 0.05) is 35.8 Å². The Bertz CT molecular complexity index is 1230. The molecule has 2 aromatic carbocycles. The standard InChI is InChI=1S/C23H20F3N3O2/c1-13-15(7-9-31-13)12-28-23(30)27-8-6-18-19-10-17(25)11-20(26)22(19)29-21(18)14-2-4-16(24)5-3-14/h2-5,7,9-11,29H,6,8,12H2,1H3,(H2,27,28,30). The molecule has 0 atom stereocenters. The molecule has 4 aromatic rings. The van der Waals surface area contributed by atoms with E-state index in [-0.39, 0.29) is 18.1 Å². The fourth-order valence-corrected chi connectivity index (χ4v) is 3.53. The maximum absolute atomic E-state index is 14.3. The van der Waals surface area contributed by atoms with Crippen molar-refractivity contribution in [3.63, 3.8) is 0 Å². The molecule has 4 rings (SSSR count). The number of aryl methyl sites for hydroxylation is 1. The Morgan fingerprint density at radius 3 is 2.52 bits per heavy atom. The zero-order valence-corrected chi connectivity index (χ0v) is 16.7. The summed E-state index contributed by atoms with van der Waals surface area (Å²) in [4.78, 5) is 15.1. The van der Waals surface area contributed by atoms with E-state index >= 15 is 0 Å². The van der Waals surface area contributed by atoms with E-state index in [0.717, 1.165) is 17.4 Å². The number of urea groups is 1. The van der Waals surface area contributed by atoms with Gasteiger partial charge < -0.3 is 20.0 Å². The lowest BCUT2D eigenvalue weighted by atomic mass is 10.0. The van der Waals surface area contributed by atoms with Crippen molar-refractivity contribution in [2.24, 2.45) is 0 Å². The van der Waals surface area contributed by atoms with Crippen molar-refractivity contribution in [2.75, 3.05) is 6.54 Å². The fourth-order valence-electron chi connectivity index (χ4n) is 3.53. The molecule has 0 aliphatic rings. The van der Waals surface area contributed by atoms with E-state index in [2.05, 4.69) is 15.6 Å². The molecule has 2 heterocycles. The number of carbonyl (C=O) groups is 1. The summed E-state index contributed by atoms with van der Waals surface area (Å²) in [6.45, 7) is 2.36. The number of carbonyl (C=O) groups excluding carboxylic acids is 1. The molecular formula is C23H20F3N3O2. The average molecular weight is 427 g/mol. The number of halogens is 3. The van der Waals surface area contributed by atoms with Gasteiger partial charge in [0.05, 0.1) is 11.8 Å². The molecule has 8 heteroatoms. The minimum atomic E-state index is -0.717. The normalized spacial score (nSPS) is 11.1. The van der Waals surface area contributed by atoms with Gasteiger partial charge in [0.1, 0.15) is 23.2 Å². The van der Waals surface area contributed by atoms with Crippen molar-refractivity contribution in [2.45, 2.75) is 19.9 Å². The monoisotopic (exact) mass is 427 g/mol. The fraction of sp³-hybridized carbons (Fsp3) is 0.174. The summed E-state index contributed by atoms with van der Waals surface area (Å²) in [6.07, 6.45) is 1.87. The Hall–Kier alpha value is -3.68. The van der Waals surface area contributed by atoms with Crippen LogP contribution in [-0.2, 0) is 13.0 Å². The molecule has 0 unspecified atom stereocenters. The van der Waals surface area contributed by atoms with Gasteiger partial charge in [0.25, 0.3) is 0 Å². The Kier molecular flexibility index (Phi) is 5.70. The minimum Gasteiger partial charge on any atom is -0.469 e. The van der Waals surface area contributed by atoms with Gasteiger partial charge in [-0.2, -0.15) is 0 Å². The first kappa shape index (κ1) is 20.6. The maximum atomic E-state index is 14.3. The van der Waals surface area contributed by atoms with E-state index in [1.807, 2.05) is 0 Å². The van der Waals surface area contributed by atoms with Gasteiger partial charge in [0.2, 0.25) is 0 Å². The third kappa shape index (κ3) is 4.42. The quantitative estimate of drug-likeness (QED) is 0.396. The second-order valence-corrected chi connectivity index (χ2v) is 7.16. The van der Waals surface area contributed by atoms with Crippen molar-refractivity contribution in [3.8, 4) is 11.3 Å². The number of fused-ring (bicyclic) bond motifs is 1. The Balaban J connectivity index is 1.53. The number of amides is 2. The Morgan fingerprint density at radius 1 is 1.03 bits per heavy atom. The number of nitrogens with one attached hydrogen (secondary N) is 3. The number of hydrogen-bond acceptors (Lipinski definition) is 2. The molecular weight excluding hydrogens is 407 g/mol. The second-order valence-electron chi connectivity index (χ2n) is 7.16. The van der Waals surface area contributed by atoms with E-state index < -0.39 is 17.5 Å². The molecule has 0 saturated heterocycles. The highest BCUT2D eigenvalue weighted by Crippen LogP contribution is 2.32. The number of H-pyrrole nitrogens is 1. The minimum absolute atomic E-state index is 0.163. The Morgan fingerprint density at radius 2 is 1.81 bits per heavy atom. The number of furan rings is 1. The van der Waals surface area contributed by atoms with Crippen LogP contribution in [0.25, 0.3) is 22.2 Å². The topological polar surface area (TPSA) is 70.1 Å². The number of rotatable bonds is 6. The molecule has 0 radical (unpaired) electrons. The highest BCUT2D eigenvalue weighted by Gasteiger charge is 2.17. The SMILES string of the molecule is Cc1occc1CNC(=O)NCCc1c(-c2ccc(F)cc2)[nH]c2c(F)cc(F)cc12. The molecule has 0 aliphatic heterocycles. The van der Waals surface area contributed by atoms with E-state index in [0.29, 0.717) is 35.2 Å². The van der Waals surface area contributed by atoms with Crippen LogP contribution in [0.1, 0.15) is 16.9 Å². The highest BCUT2D eigenvalue weighted by atomic mass is 19.1. The number of aromatic amines is 1. The van der Waals surface area contributed by atoms with Crippen LogP contribution >= 0.6 is 0 Å². The predicted octanol–water partition coefficient (Wildman–Crippen LogP) is 5.20. The van der Waals surface area contributed by atoms with Crippen molar-refractivity contribution in [1.29, 1.82) is 0 Å². The van der Waals surface area contributed by atoms with Gasteiger partial charge in [-0.3, -0.25) is 0 Å². The first-order valence-corrected chi connectivity index (χ1v) is 9.72. The second kappa shape index (κ2) is 8.59. The van der Waals surface area contributed by atoms with Crippen molar-refractivity contribution < 1.29 is 22.4 Å². The summed E-state index contributed by atoms with van der Waals surface area (Å²) in [5.74, 6) is -1.08.